The van der Waals surface area contributed by atoms with Gasteiger partial charge in [-0.25, -0.2) is 4.98 Å². The van der Waals surface area contributed by atoms with E-state index in [9.17, 15) is 14.9 Å². The van der Waals surface area contributed by atoms with Crippen LogP contribution in [0, 0.1) is 17.0 Å². The van der Waals surface area contributed by atoms with Gasteiger partial charge in [0.05, 0.1) is 27.8 Å². The average Bonchev–Trinajstić information content (AvgIpc) is 3.37. The number of nitrogens with zero attached hydrogens (tertiary/aromatic N) is 3. The van der Waals surface area contributed by atoms with Gasteiger partial charge < -0.3 is 14.3 Å². The van der Waals surface area contributed by atoms with Gasteiger partial charge in [-0.1, -0.05) is 18.1 Å². The lowest BCUT2D eigenvalue weighted by atomic mass is 10.1. The summed E-state index contributed by atoms with van der Waals surface area (Å²) in [5.41, 5.74) is 2.28. The number of rotatable bonds is 5. The molecule has 4 rings (SSSR count). The molecular weight excluding hydrogens is 376 g/mol. The van der Waals surface area contributed by atoms with E-state index in [4.69, 9.17) is 8.94 Å². The van der Waals surface area contributed by atoms with Crippen LogP contribution in [-0.2, 0) is 6.42 Å². The number of hydrogen-bond donors (Lipinski definition) is 1. The molecule has 0 aliphatic carbocycles. The largest absolute Gasteiger partial charge is 0.463 e. The van der Waals surface area contributed by atoms with Crippen molar-refractivity contribution in [2.24, 2.45) is 0 Å². The molecule has 1 aromatic carbocycles. The minimum absolute atomic E-state index is 0.0393. The maximum Gasteiger partial charge on any atom is 0.274 e. The molecule has 0 spiro atoms. The lowest BCUT2D eigenvalue weighted by Crippen LogP contribution is -2.13. The predicted octanol–water partition coefficient (Wildman–Crippen LogP) is 4.51. The fraction of sp³-hybridized carbons (Fsp3) is 0.150. The zero-order valence-corrected chi connectivity index (χ0v) is 15.6. The van der Waals surface area contributed by atoms with Crippen molar-refractivity contribution >= 4 is 28.4 Å². The number of aromatic nitrogens is 2. The number of benzene rings is 1. The first-order valence-electron chi connectivity index (χ1n) is 8.87. The normalized spacial score (nSPS) is 11.0. The third-order valence-corrected chi connectivity index (χ3v) is 4.56. The first-order valence-corrected chi connectivity index (χ1v) is 8.87. The fourth-order valence-corrected chi connectivity index (χ4v) is 3.13. The Bertz CT molecular complexity index is 1230. The van der Waals surface area contributed by atoms with Gasteiger partial charge in [0.15, 0.2) is 5.76 Å². The number of pyridine rings is 1. The van der Waals surface area contributed by atoms with Crippen molar-refractivity contribution in [3.63, 3.8) is 0 Å². The Hall–Kier alpha value is -4.01. The highest BCUT2D eigenvalue weighted by Crippen LogP contribution is 2.29. The molecule has 4 aromatic rings. The molecule has 0 radical (unpaired) electrons. The average molecular weight is 392 g/mol. The molecule has 1 N–H and O–H groups in total. The molecule has 0 saturated carbocycles. The third kappa shape index (κ3) is 3.33. The van der Waals surface area contributed by atoms with E-state index in [-0.39, 0.29) is 17.0 Å². The quantitative estimate of drug-likeness (QED) is 0.391. The predicted molar refractivity (Wildman–Crippen MR) is 105 cm³/mol. The Morgan fingerprint density at radius 3 is 2.79 bits per heavy atom. The van der Waals surface area contributed by atoms with E-state index in [1.807, 2.05) is 6.92 Å². The van der Waals surface area contributed by atoms with Crippen LogP contribution in [0.1, 0.15) is 28.5 Å². The molecule has 1 amide bonds. The lowest BCUT2D eigenvalue weighted by molar-refractivity contribution is -0.385. The maximum absolute atomic E-state index is 13.0. The molecule has 3 aromatic heterocycles. The third-order valence-electron chi connectivity index (χ3n) is 4.56. The van der Waals surface area contributed by atoms with Gasteiger partial charge in [0.25, 0.3) is 17.3 Å². The molecular formula is C20H16N4O5. The van der Waals surface area contributed by atoms with Gasteiger partial charge in [0.1, 0.15) is 5.69 Å². The molecule has 29 heavy (non-hydrogen) atoms. The summed E-state index contributed by atoms with van der Waals surface area (Å²) in [6.07, 6.45) is 2.02. The van der Waals surface area contributed by atoms with Crippen LogP contribution in [0.25, 0.3) is 22.6 Å². The number of nitrogens with one attached hydrogen (secondary N) is 1. The fourth-order valence-electron chi connectivity index (χ4n) is 3.13. The van der Waals surface area contributed by atoms with E-state index in [0.29, 0.717) is 40.2 Å². The second-order valence-corrected chi connectivity index (χ2v) is 6.39. The van der Waals surface area contributed by atoms with Crippen LogP contribution in [-0.4, -0.2) is 21.0 Å². The van der Waals surface area contributed by atoms with Gasteiger partial charge in [-0.3, -0.25) is 14.9 Å². The first-order chi connectivity index (χ1) is 14.0. The van der Waals surface area contributed by atoms with E-state index < -0.39 is 10.8 Å². The van der Waals surface area contributed by atoms with E-state index >= 15 is 0 Å². The van der Waals surface area contributed by atoms with Crippen molar-refractivity contribution in [3.05, 3.63) is 69.6 Å². The number of anilines is 1. The maximum atomic E-state index is 13.0. The van der Waals surface area contributed by atoms with Crippen molar-refractivity contribution in [1.82, 2.24) is 10.1 Å². The van der Waals surface area contributed by atoms with Crippen LogP contribution in [0.4, 0.5) is 11.4 Å². The van der Waals surface area contributed by atoms with Crippen LogP contribution in [0.5, 0.6) is 0 Å². The summed E-state index contributed by atoms with van der Waals surface area (Å²) in [5, 5.41) is 18.4. The summed E-state index contributed by atoms with van der Waals surface area (Å²) in [6.45, 7) is 3.54. The standard InChI is InChI=1S/C20H16N4O5/c1-3-12-6-7-13(9-16(12)24(26)27)21-19(25)14-10-15(17-5-4-8-28-17)22-20-18(14)11(2)23-29-20/h4-10H,3H2,1-2H3,(H,21,25). The SMILES string of the molecule is CCc1ccc(NC(=O)c2cc(-c3ccco3)nc3onc(C)c23)cc1[N+](=O)[O-]. The highest BCUT2D eigenvalue weighted by atomic mass is 16.6. The van der Waals surface area contributed by atoms with E-state index in [1.54, 1.807) is 37.3 Å². The molecule has 9 heteroatoms. The number of hydrogen-bond acceptors (Lipinski definition) is 7. The Morgan fingerprint density at radius 1 is 1.28 bits per heavy atom. The summed E-state index contributed by atoms with van der Waals surface area (Å²) in [4.78, 5) is 28.2. The summed E-state index contributed by atoms with van der Waals surface area (Å²) in [6, 6.07) is 9.62. The topological polar surface area (TPSA) is 124 Å². The van der Waals surface area contributed by atoms with Crippen LogP contribution in [0.15, 0.2) is 51.6 Å². The van der Waals surface area contributed by atoms with Gasteiger partial charge in [0.2, 0.25) is 0 Å². The molecule has 0 fully saturated rings. The van der Waals surface area contributed by atoms with Crippen molar-refractivity contribution in [3.8, 4) is 11.5 Å². The van der Waals surface area contributed by atoms with Crippen LogP contribution in [0.3, 0.4) is 0 Å². The molecule has 146 valence electrons. The molecule has 0 unspecified atom stereocenters. The minimum Gasteiger partial charge on any atom is -0.463 e. The molecule has 9 nitrogen and oxygen atoms in total. The number of fused-ring (bicyclic) bond motifs is 1. The van der Waals surface area contributed by atoms with Gasteiger partial charge in [0, 0.05) is 17.3 Å². The molecule has 0 saturated heterocycles. The summed E-state index contributed by atoms with van der Waals surface area (Å²) in [5.74, 6) is 0.00740. The summed E-state index contributed by atoms with van der Waals surface area (Å²) >= 11 is 0. The van der Waals surface area contributed by atoms with E-state index in [0.717, 1.165) is 0 Å². The number of furan rings is 1. The smallest absolute Gasteiger partial charge is 0.274 e. The zero-order valence-electron chi connectivity index (χ0n) is 15.6. The van der Waals surface area contributed by atoms with Crippen LogP contribution >= 0.6 is 0 Å². The van der Waals surface area contributed by atoms with Gasteiger partial charge >= 0.3 is 0 Å². The highest BCUT2D eigenvalue weighted by molar-refractivity contribution is 6.13. The molecule has 0 aliphatic rings. The Morgan fingerprint density at radius 2 is 2.10 bits per heavy atom. The number of nitro benzene ring substituents is 1. The lowest BCUT2D eigenvalue weighted by Gasteiger charge is -2.09. The van der Waals surface area contributed by atoms with Crippen LogP contribution < -0.4 is 5.32 Å². The number of carbonyl (C=O) groups excluding carboxylic acids is 1. The van der Waals surface area contributed by atoms with E-state index in [2.05, 4.69) is 15.5 Å². The van der Waals surface area contributed by atoms with Crippen molar-refractivity contribution in [2.45, 2.75) is 20.3 Å². The Labute approximate surface area is 164 Å². The van der Waals surface area contributed by atoms with Gasteiger partial charge in [-0.05, 0) is 37.6 Å². The van der Waals surface area contributed by atoms with E-state index in [1.165, 1.54) is 12.3 Å². The molecule has 3 heterocycles. The zero-order chi connectivity index (χ0) is 20.5. The Balaban J connectivity index is 1.76. The number of amides is 1. The van der Waals surface area contributed by atoms with Crippen molar-refractivity contribution < 1.29 is 18.7 Å². The van der Waals surface area contributed by atoms with Crippen molar-refractivity contribution in [1.29, 1.82) is 0 Å². The monoisotopic (exact) mass is 392 g/mol. The van der Waals surface area contributed by atoms with Gasteiger partial charge in [-0.2, -0.15) is 0 Å². The summed E-state index contributed by atoms with van der Waals surface area (Å²) < 4.78 is 10.6. The minimum atomic E-state index is -0.463. The number of carbonyl (C=O) groups is 1. The molecule has 0 bridgehead atoms. The second-order valence-electron chi connectivity index (χ2n) is 6.39. The first kappa shape index (κ1) is 18.4. The highest BCUT2D eigenvalue weighted by Gasteiger charge is 2.21. The summed E-state index contributed by atoms with van der Waals surface area (Å²) in [7, 11) is 0. The second kappa shape index (κ2) is 7.19. The Kier molecular flexibility index (Phi) is 4.55. The van der Waals surface area contributed by atoms with Crippen molar-refractivity contribution in [2.75, 3.05) is 5.32 Å². The number of nitro groups is 1. The molecule has 0 atom stereocenters. The molecule has 0 aliphatic heterocycles. The van der Waals surface area contributed by atoms with Gasteiger partial charge in [-0.15, -0.1) is 0 Å². The number of aryl methyl sites for hydroxylation is 2. The van der Waals surface area contributed by atoms with Crippen LogP contribution in [0.2, 0.25) is 0 Å².